The molecule has 1 fully saturated rings. The zero-order valence-corrected chi connectivity index (χ0v) is 15.0. The Morgan fingerprint density at radius 3 is 2.71 bits per heavy atom. The minimum absolute atomic E-state index is 0.0301. The summed E-state index contributed by atoms with van der Waals surface area (Å²) in [6.07, 6.45) is 5.18. The van der Waals surface area contributed by atoms with Crippen LogP contribution in [-0.4, -0.2) is 39.6 Å². The second kappa shape index (κ2) is 6.93. The van der Waals surface area contributed by atoms with Gasteiger partial charge in [-0.1, -0.05) is 13.0 Å². The summed E-state index contributed by atoms with van der Waals surface area (Å²) in [5, 5.41) is 14.3. The van der Waals surface area contributed by atoms with Crippen molar-refractivity contribution in [3.05, 3.63) is 41.3 Å². The molecule has 1 saturated heterocycles. The van der Waals surface area contributed by atoms with Crippen LogP contribution in [0.2, 0.25) is 0 Å². The van der Waals surface area contributed by atoms with E-state index in [2.05, 4.69) is 47.0 Å². The van der Waals surface area contributed by atoms with Gasteiger partial charge in [-0.15, -0.1) is 0 Å². The standard InChI is InChI=1S/C19H28N4O/c1-4-19(14-24)8-5-9-22(13-19)18-7-6-17(11-20-18)12-23-16(3)10-15(2)21-23/h6-7,10-11,24H,4-5,8-9,12-14H2,1-3H3/t19-/m0/s1. The third-order valence-electron chi connectivity index (χ3n) is 5.32. The second-order valence-electron chi connectivity index (χ2n) is 7.15. The molecule has 0 aromatic carbocycles. The molecule has 2 aromatic rings. The van der Waals surface area contributed by atoms with Crippen LogP contribution in [0.25, 0.3) is 0 Å². The molecule has 0 unspecified atom stereocenters. The molecule has 3 heterocycles. The summed E-state index contributed by atoms with van der Waals surface area (Å²) < 4.78 is 2.01. The summed E-state index contributed by atoms with van der Waals surface area (Å²) in [7, 11) is 0. The van der Waals surface area contributed by atoms with Crippen molar-refractivity contribution in [3.8, 4) is 0 Å². The molecule has 5 nitrogen and oxygen atoms in total. The molecule has 3 rings (SSSR count). The zero-order valence-electron chi connectivity index (χ0n) is 15.0. The predicted molar refractivity (Wildman–Crippen MR) is 96.3 cm³/mol. The van der Waals surface area contributed by atoms with Crippen molar-refractivity contribution in [3.63, 3.8) is 0 Å². The fourth-order valence-electron chi connectivity index (χ4n) is 3.64. The number of anilines is 1. The number of hydrogen-bond acceptors (Lipinski definition) is 4. The van der Waals surface area contributed by atoms with E-state index in [-0.39, 0.29) is 12.0 Å². The van der Waals surface area contributed by atoms with Gasteiger partial charge in [0.05, 0.1) is 18.8 Å². The Labute approximate surface area is 144 Å². The van der Waals surface area contributed by atoms with Gasteiger partial charge in [-0.05, 0) is 50.8 Å². The van der Waals surface area contributed by atoms with Crippen LogP contribution >= 0.6 is 0 Å². The van der Waals surface area contributed by atoms with Crippen molar-refractivity contribution in [2.24, 2.45) is 5.41 Å². The Kier molecular flexibility index (Phi) is 4.90. The lowest BCUT2D eigenvalue weighted by atomic mass is 9.78. The summed E-state index contributed by atoms with van der Waals surface area (Å²) in [4.78, 5) is 6.99. The topological polar surface area (TPSA) is 54.2 Å². The van der Waals surface area contributed by atoms with E-state index < -0.39 is 0 Å². The average molecular weight is 328 g/mol. The van der Waals surface area contributed by atoms with Gasteiger partial charge >= 0.3 is 0 Å². The number of pyridine rings is 1. The number of rotatable bonds is 5. The summed E-state index contributed by atoms with van der Waals surface area (Å²) >= 11 is 0. The minimum Gasteiger partial charge on any atom is -0.396 e. The molecule has 0 amide bonds. The number of aliphatic hydroxyl groups is 1. The van der Waals surface area contributed by atoms with E-state index >= 15 is 0 Å². The third-order valence-corrected chi connectivity index (χ3v) is 5.32. The lowest BCUT2D eigenvalue weighted by Gasteiger charge is -2.42. The molecule has 130 valence electrons. The first-order valence-corrected chi connectivity index (χ1v) is 8.87. The maximum Gasteiger partial charge on any atom is 0.128 e. The summed E-state index contributed by atoms with van der Waals surface area (Å²) in [5.41, 5.74) is 3.40. The number of aliphatic hydroxyl groups excluding tert-OH is 1. The lowest BCUT2D eigenvalue weighted by Crippen LogP contribution is -2.45. The van der Waals surface area contributed by atoms with Crippen molar-refractivity contribution in [1.29, 1.82) is 0 Å². The normalized spacial score (nSPS) is 21.2. The van der Waals surface area contributed by atoms with Gasteiger partial charge in [0.2, 0.25) is 0 Å². The highest BCUT2D eigenvalue weighted by Gasteiger charge is 2.33. The van der Waals surface area contributed by atoms with Gasteiger partial charge in [-0.2, -0.15) is 5.10 Å². The molecule has 2 aromatic heterocycles. The van der Waals surface area contributed by atoms with Crippen LogP contribution in [0, 0.1) is 19.3 Å². The van der Waals surface area contributed by atoms with Crippen LogP contribution in [0.4, 0.5) is 5.82 Å². The maximum atomic E-state index is 9.79. The van der Waals surface area contributed by atoms with E-state index in [0.717, 1.165) is 56.0 Å². The first-order chi connectivity index (χ1) is 11.5. The molecule has 5 heteroatoms. The van der Waals surface area contributed by atoms with Crippen LogP contribution < -0.4 is 4.90 Å². The number of aromatic nitrogens is 3. The molecule has 1 aliphatic heterocycles. The fourth-order valence-corrected chi connectivity index (χ4v) is 3.64. The van der Waals surface area contributed by atoms with Crippen molar-refractivity contribution >= 4 is 5.82 Å². The number of aryl methyl sites for hydroxylation is 2. The van der Waals surface area contributed by atoms with Crippen LogP contribution in [0.15, 0.2) is 24.4 Å². The van der Waals surface area contributed by atoms with Gasteiger partial charge in [0, 0.05) is 30.4 Å². The van der Waals surface area contributed by atoms with E-state index in [4.69, 9.17) is 0 Å². The Morgan fingerprint density at radius 2 is 2.12 bits per heavy atom. The average Bonchev–Trinajstić information content (AvgIpc) is 2.92. The zero-order chi connectivity index (χ0) is 17.2. The quantitative estimate of drug-likeness (QED) is 0.917. The predicted octanol–water partition coefficient (Wildman–Crippen LogP) is 2.93. The van der Waals surface area contributed by atoms with Crippen LogP contribution in [0.5, 0.6) is 0 Å². The number of piperidine rings is 1. The lowest BCUT2D eigenvalue weighted by molar-refractivity contribution is 0.101. The van der Waals surface area contributed by atoms with E-state index in [1.807, 2.05) is 17.8 Å². The number of nitrogens with zero attached hydrogens (tertiary/aromatic N) is 4. The highest BCUT2D eigenvalue weighted by Crippen LogP contribution is 2.34. The molecule has 24 heavy (non-hydrogen) atoms. The van der Waals surface area contributed by atoms with Crippen molar-refractivity contribution in [2.75, 3.05) is 24.6 Å². The molecule has 1 N–H and O–H groups in total. The summed E-state index contributed by atoms with van der Waals surface area (Å²) in [5.74, 6) is 1.01. The summed E-state index contributed by atoms with van der Waals surface area (Å²) in [6.45, 7) is 9.19. The molecule has 0 aliphatic carbocycles. The molecule has 1 atom stereocenters. The largest absolute Gasteiger partial charge is 0.396 e. The molecule has 1 aliphatic rings. The molecular formula is C19H28N4O. The Hall–Kier alpha value is -1.88. The first kappa shape index (κ1) is 17.0. The third kappa shape index (κ3) is 3.46. The Balaban J connectivity index is 1.71. The Morgan fingerprint density at radius 1 is 1.29 bits per heavy atom. The van der Waals surface area contributed by atoms with Gasteiger partial charge in [0.15, 0.2) is 0 Å². The van der Waals surface area contributed by atoms with Crippen LogP contribution in [-0.2, 0) is 6.54 Å². The first-order valence-electron chi connectivity index (χ1n) is 8.87. The van der Waals surface area contributed by atoms with E-state index in [1.165, 1.54) is 5.69 Å². The van der Waals surface area contributed by atoms with E-state index in [9.17, 15) is 5.11 Å². The minimum atomic E-state index is 0.0301. The smallest absolute Gasteiger partial charge is 0.128 e. The maximum absolute atomic E-state index is 9.79. The molecular weight excluding hydrogens is 300 g/mol. The highest BCUT2D eigenvalue weighted by molar-refractivity contribution is 5.40. The van der Waals surface area contributed by atoms with Gasteiger partial charge in [0.25, 0.3) is 0 Å². The van der Waals surface area contributed by atoms with Gasteiger partial charge < -0.3 is 10.0 Å². The SMILES string of the molecule is CC[C@]1(CO)CCCN(c2ccc(Cn3nc(C)cc3C)cn2)C1. The van der Waals surface area contributed by atoms with Gasteiger partial charge in [-0.25, -0.2) is 4.98 Å². The van der Waals surface area contributed by atoms with Crippen molar-refractivity contribution in [1.82, 2.24) is 14.8 Å². The van der Waals surface area contributed by atoms with Crippen molar-refractivity contribution in [2.45, 2.75) is 46.6 Å². The van der Waals surface area contributed by atoms with Gasteiger partial charge in [-0.3, -0.25) is 4.68 Å². The molecule has 0 spiro atoms. The van der Waals surface area contributed by atoms with E-state index in [0.29, 0.717) is 0 Å². The number of hydrogen-bond donors (Lipinski definition) is 1. The van der Waals surface area contributed by atoms with Crippen LogP contribution in [0.3, 0.4) is 0 Å². The molecule has 0 radical (unpaired) electrons. The monoisotopic (exact) mass is 328 g/mol. The molecule has 0 bridgehead atoms. The van der Waals surface area contributed by atoms with Crippen molar-refractivity contribution < 1.29 is 5.11 Å². The Bertz CT molecular complexity index is 673. The second-order valence-corrected chi connectivity index (χ2v) is 7.15. The molecule has 0 saturated carbocycles. The van der Waals surface area contributed by atoms with Crippen LogP contribution in [0.1, 0.15) is 43.1 Å². The highest BCUT2D eigenvalue weighted by atomic mass is 16.3. The van der Waals surface area contributed by atoms with Gasteiger partial charge in [0.1, 0.15) is 5.82 Å². The summed E-state index contributed by atoms with van der Waals surface area (Å²) in [6, 6.07) is 6.33. The van der Waals surface area contributed by atoms with E-state index in [1.54, 1.807) is 0 Å². The fraction of sp³-hybridized carbons (Fsp3) is 0.579.